The van der Waals surface area contributed by atoms with Crippen LogP contribution in [0.5, 0.6) is 5.75 Å². The summed E-state index contributed by atoms with van der Waals surface area (Å²) in [6, 6.07) is 6.89. The quantitative estimate of drug-likeness (QED) is 0.703. The molecule has 0 saturated carbocycles. The third kappa shape index (κ3) is 8.83. The molecule has 0 aromatic heterocycles. The van der Waals surface area contributed by atoms with E-state index in [1.807, 2.05) is 6.92 Å². The van der Waals surface area contributed by atoms with Gasteiger partial charge in [-0.1, -0.05) is 24.6 Å². The largest absolute Gasteiger partial charge is 0.492 e. The van der Waals surface area contributed by atoms with Crippen LogP contribution in [-0.4, -0.2) is 25.4 Å². The lowest BCUT2D eigenvalue weighted by molar-refractivity contribution is -0.135. The zero-order valence-corrected chi connectivity index (χ0v) is 12.8. The highest BCUT2D eigenvalue weighted by Gasteiger charge is 2.26. The summed E-state index contributed by atoms with van der Waals surface area (Å²) >= 11 is 5.86. The van der Waals surface area contributed by atoms with Crippen molar-refractivity contribution in [1.82, 2.24) is 5.32 Å². The van der Waals surface area contributed by atoms with E-state index >= 15 is 0 Å². The summed E-state index contributed by atoms with van der Waals surface area (Å²) < 4.78 is 42.2. The van der Waals surface area contributed by atoms with Crippen LogP contribution in [0, 0.1) is 0 Å². The Kier molecular flexibility index (Phi) is 7.89. The first-order valence-corrected chi connectivity index (χ1v) is 7.47. The van der Waals surface area contributed by atoms with Gasteiger partial charge in [0.25, 0.3) is 0 Å². The highest BCUT2D eigenvalue weighted by atomic mass is 35.5. The number of benzene rings is 1. The fraction of sp³-hybridized carbons (Fsp3) is 0.600. The van der Waals surface area contributed by atoms with Gasteiger partial charge < -0.3 is 10.1 Å². The molecular formula is C15H21ClF3NO. The lowest BCUT2D eigenvalue weighted by atomic mass is 10.1. The lowest BCUT2D eigenvalue weighted by Crippen LogP contribution is -2.35. The number of hydrogen-bond acceptors (Lipinski definition) is 2. The Morgan fingerprint density at radius 3 is 2.71 bits per heavy atom. The molecule has 1 unspecified atom stereocenters. The topological polar surface area (TPSA) is 21.3 Å². The Morgan fingerprint density at radius 1 is 1.33 bits per heavy atom. The average molecular weight is 324 g/mol. The maximum Gasteiger partial charge on any atom is 0.389 e. The predicted octanol–water partition coefficient (Wildman–Crippen LogP) is 4.82. The Labute approximate surface area is 128 Å². The van der Waals surface area contributed by atoms with Crippen molar-refractivity contribution in [2.24, 2.45) is 0 Å². The zero-order valence-electron chi connectivity index (χ0n) is 12.0. The summed E-state index contributed by atoms with van der Waals surface area (Å²) in [7, 11) is 0. The van der Waals surface area contributed by atoms with Gasteiger partial charge in [0.1, 0.15) is 12.4 Å². The number of alkyl halides is 3. The maximum atomic E-state index is 12.2. The minimum absolute atomic E-state index is 0.0914. The fourth-order valence-corrected chi connectivity index (χ4v) is 2.08. The number of halogens is 4. The van der Waals surface area contributed by atoms with E-state index in [9.17, 15) is 13.2 Å². The molecule has 1 atom stereocenters. The van der Waals surface area contributed by atoms with E-state index in [1.165, 1.54) is 0 Å². The van der Waals surface area contributed by atoms with E-state index in [1.54, 1.807) is 24.3 Å². The van der Waals surface area contributed by atoms with Crippen LogP contribution in [0.3, 0.4) is 0 Å². The molecule has 6 heteroatoms. The molecule has 1 rings (SSSR count). The molecule has 1 aromatic rings. The smallest absolute Gasteiger partial charge is 0.389 e. The van der Waals surface area contributed by atoms with Crippen LogP contribution in [0.25, 0.3) is 0 Å². The first-order chi connectivity index (χ1) is 9.90. The summed E-state index contributed by atoms with van der Waals surface area (Å²) in [5.41, 5.74) is 0. The van der Waals surface area contributed by atoms with Crippen LogP contribution in [0.4, 0.5) is 13.2 Å². The van der Waals surface area contributed by atoms with Crippen LogP contribution in [0.15, 0.2) is 24.3 Å². The minimum Gasteiger partial charge on any atom is -0.492 e. The molecule has 120 valence electrons. The third-order valence-electron chi connectivity index (χ3n) is 2.94. The Morgan fingerprint density at radius 2 is 2.10 bits per heavy atom. The van der Waals surface area contributed by atoms with Gasteiger partial charge >= 0.3 is 6.18 Å². The third-order valence-corrected chi connectivity index (χ3v) is 3.18. The Hall–Kier alpha value is -0.940. The van der Waals surface area contributed by atoms with Crippen LogP contribution < -0.4 is 10.1 Å². The minimum atomic E-state index is -4.09. The van der Waals surface area contributed by atoms with Gasteiger partial charge in [0.15, 0.2) is 0 Å². The van der Waals surface area contributed by atoms with Gasteiger partial charge in [-0.15, -0.1) is 0 Å². The molecule has 0 heterocycles. The highest BCUT2D eigenvalue weighted by Crippen LogP contribution is 2.23. The normalized spacial score (nSPS) is 13.2. The van der Waals surface area contributed by atoms with Gasteiger partial charge in [0.2, 0.25) is 0 Å². The van der Waals surface area contributed by atoms with Crippen molar-refractivity contribution in [2.45, 2.75) is 44.8 Å². The maximum absolute atomic E-state index is 12.2. The molecule has 0 fully saturated rings. The summed E-state index contributed by atoms with van der Waals surface area (Å²) in [6.07, 6.45) is -3.39. The molecule has 1 aromatic carbocycles. The zero-order chi connectivity index (χ0) is 15.7. The van der Waals surface area contributed by atoms with Gasteiger partial charge in [-0.05, 0) is 44.0 Å². The molecule has 0 amide bonds. The summed E-state index contributed by atoms with van der Waals surface area (Å²) in [4.78, 5) is 0. The van der Waals surface area contributed by atoms with E-state index < -0.39 is 12.6 Å². The van der Waals surface area contributed by atoms with Gasteiger partial charge in [-0.25, -0.2) is 0 Å². The van der Waals surface area contributed by atoms with Crippen molar-refractivity contribution in [2.75, 3.05) is 13.2 Å². The van der Waals surface area contributed by atoms with E-state index in [2.05, 4.69) is 5.32 Å². The highest BCUT2D eigenvalue weighted by molar-refractivity contribution is 6.30. The number of ether oxygens (including phenoxy) is 1. The van der Waals surface area contributed by atoms with Crippen LogP contribution in [0.2, 0.25) is 5.02 Å². The van der Waals surface area contributed by atoms with Crippen LogP contribution in [0.1, 0.15) is 32.6 Å². The second-order valence-corrected chi connectivity index (χ2v) is 5.36. The average Bonchev–Trinajstić information content (AvgIpc) is 2.40. The monoisotopic (exact) mass is 323 g/mol. The Bertz CT molecular complexity index is 412. The van der Waals surface area contributed by atoms with Gasteiger partial charge in [0.05, 0.1) is 0 Å². The number of hydrogen-bond donors (Lipinski definition) is 1. The van der Waals surface area contributed by atoms with E-state index in [0.29, 0.717) is 23.8 Å². The number of rotatable bonds is 9. The van der Waals surface area contributed by atoms with Crippen molar-refractivity contribution in [3.05, 3.63) is 29.3 Å². The molecule has 0 radical (unpaired) electrons. The SMILES string of the molecule is CCCNC(CCCC(F)(F)F)COc1cccc(Cl)c1. The van der Waals surface area contributed by atoms with Crippen LogP contribution >= 0.6 is 11.6 Å². The fourth-order valence-electron chi connectivity index (χ4n) is 1.90. The van der Waals surface area contributed by atoms with Gasteiger partial charge in [-0.2, -0.15) is 13.2 Å². The first-order valence-electron chi connectivity index (χ1n) is 7.09. The molecule has 0 aliphatic rings. The van der Waals surface area contributed by atoms with Crippen molar-refractivity contribution < 1.29 is 17.9 Å². The van der Waals surface area contributed by atoms with Crippen molar-refractivity contribution >= 4 is 11.6 Å². The molecular weight excluding hydrogens is 303 g/mol. The predicted molar refractivity (Wildman–Crippen MR) is 78.9 cm³/mol. The molecule has 1 N–H and O–H groups in total. The van der Waals surface area contributed by atoms with E-state index in [-0.39, 0.29) is 12.5 Å². The molecule has 0 bridgehead atoms. The van der Waals surface area contributed by atoms with E-state index in [0.717, 1.165) is 13.0 Å². The van der Waals surface area contributed by atoms with Crippen molar-refractivity contribution in [1.29, 1.82) is 0 Å². The molecule has 21 heavy (non-hydrogen) atoms. The van der Waals surface area contributed by atoms with Gasteiger partial charge in [-0.3, -0.25) is 0 Å². The lowest BCUT2D eigenvalue weighted by Gasteiger charge is -2.19. The molecule has 0 spiro atoms. The van der Waals surface area contributed by atoms with E-state index in [4.69, 9.17) is 16.3 Å². The first kappa shape index (κ1) is 18.1. The van der Waals surface area contributed by atoms with Gasteiger partial charge in [0, 0.05) is 17.5 Å². The molecule has 0 aliphatic carbocycles. The molecule has 0 aliphatic heterocycles. The summed E-state index contributed by atoms with van der Waals surface area (Å²) in [6.45, 7) is 3.10. The second kappa shape index (κ2) is 9.15. The van der Waals surface area contributed by atoms with Crippen molar-refractivity contribution in [3.63, 3.8) is 0 Å². The summed E-state index contributed by atoms with van der Waals surface area (Å²) in [5.74, 6) is 0.626. The Balaban J connectivity index is 2.41. The standard InChI is InChI=1S/C15H21ClF3NO/c1-2-9-20-13(6-4-8-15(17,18)19)11-21-14-7-3-5-12(16)10-14/h3,5,7,10,13,20H,2,4,6,8-9,11H2,1H3. The van der Waals surface area contributed by atoms with Crippen LogP contribution in [-0.2, 0) is 0 Å². The number of nitrogens with one attached hydrogen (secondary N) is 1. The second-order valence-electron chi connectivity index (χ2n) is 4.93. The molecule has 2 nitrogen and oxygen atoms in total. The summed E-state index contributed by atoms with van der Waals surface area (Å²) in [5, 5.41) is 3.79. The van der Waals surface area contributed by atoms with Crippen molar-refractivity contribution in [3.8, 4) is 5.75 Å². The molecule has 0 saturated heterocycles.